The van der Waals surface area contributed by atoms with Crippen LogP contribution in [0.15, 0.2) is 24.3 Å². The van der Waals surface area contributed by atoms with Gasteiger partial charge in [0, 0.05) is 24.0 Å². The fraction of sp³-hybridized carbons (Fsp3) is 0.632. The van der Waals surface area contributed by atoms with Crippen molar-refractivity contribution in [3.05, 3.63) is 35.4 Å². The van der Waals surface area contributed by atoms with E-state index >= 15 is 0 Å². The van der Waals surface area contributed by atoms with E-state index in [1.807, 2.05) is 11.8 Å². The van der Waals surface area contributed by atoms with Gasteiger partial charge in [-0.2, -0.15) is 11.8 Å². The summed E-state index contributed by atoms with van der Waals surface area (Å²) in [4.78, 5) is 12.1. The molecule has 0 radical (unpaired) electrons. The van der Waals surface area contributed by atoms with Gasteiger partial charge in [0.15, 0.2) is 0 Å². The molecule has 0 heterocycles. The molecule has 122 valence electrons. The monoisotopic (exact) mass is 319 g/mol. The summed E-state index contributed by atoms with van der Waals surface area (Å²) in [5.74, 6) is 3.46. The topological polar surface area (TPSA) is 29.1 Å². The van der Waals surface area contributed by atoms with Gasteiger partial charge in [0.25, 0.3) is 0 Å². The van der Waals surface area contributed by atoms with E-state index < -0.39 is 0 Å². The molecule has 1 aromatic carbocycles. The smallest absolute Gasteiger partial charge is 0.221 e. The molecule has 1 amide bonds. The summed E-state index contributed by atoms with van der Waals surface area (Å²) in [7, 11) is 0. The van der Waals surface area contributed by atoms with Crippen molar-refractivity contribution in [2.45, 2.75) is 58.2 Å². The van der Waals surface area contributed by atoms with Crippen LogP contribution >= 0.6 is 11.8 Å². The first-order valence-corrected chi connectivity index (χ1v) is 9.65. The number of amides is 1. The maximum absolute atomic E-state index is 12.1. The highest BCUT2D eigenvalue weighted by atomic mass is 32.2. The van der Waals surface area contributed by atoms with E-state index in [9.17, 15) is 4.79 Å². The Hall–Kier alpha value is -0.960. The third-order valence-electron chi connectivity index (χ3n) is 5.05. The zero-order valence-electron chi connectivity index (χ0n) is 14.1. The number of rotatable bonds is 6. The van der Waals surface area contributed by atoms with Crippen LogP contribution in [0.2, 0.25) is 0 Å². The van der Waals surface area contributed by atoms with Crippen LogP contribution in [0.25, 0.3) is 0 Å². The summed E-state index contributed by atoms with van der Waals surface area (Å²) in [6, 6.07) is 8.87. The van der Waals surface area contributed by atoms with Gasteiger partial charge in [-0.1, -0.05) is 51.0 Å². The minimum atomic E-state index is 0.225. The minimum Gasteiger partial charge on any atom is -0.353 e. The minimum absolute atomic E-state index is 0.225. The quantitative estimate of drug-likeness (QED) is 0.779. The Morgan fingerprint density at radius 1 is 1.27 bits per heavy atom. The van der Waals surface area contributed by atoms with Crippen molar-refractivity contribution in [2.24, 2.45) is 11.8 Å². The summed E-state index contributed by atoms with van der Waals surface area (Å²) < 4.78 is 0. The summed E-state index contributed by atoms with van der Waals surface area (Å²) in [6.07, 6.45) is 4.33. The molecule has 0 bridgehead atoms. The molecule has 2 nitrogen and oxygen atoms in total. The van der Waals surface area contributed by atoms with Crippen LogP contribution in [-0.4, -0.2) is 17.7 Å². The molecule has 0 aromatic heterocycles. The number of hydrogen-bond acceptors (Lipinski definition) is 2. The molecule has 1 aliphatic rings. The Bertz CT molecular complexity index is 488. The predicted octanol–water partition coefficient (Wildman–Crippen LogP) is 4.56. The second-order valence-corrected chi connectivity index (χ2v) is 7.78. The number of carbonyl (C=O) groups excluding carboxylic acids is 1. The lowest BCUT2D eigenvalue weighted by atomic mass is 9.78. The van der Waals surface area contributed by atoms with Gasteiger partial charge >= 0.3 is 0 Å². The highest BCUT2D eigenvalue weighted by Crippen LogP contribution is 2.29. The maximum atomic E-state index is 12.1. The van der Waals surface area contributed by atoms with Gasteiger partial charge in [-0.15, -0.1) is 0 Å². The van der Waals surface area contributed by atoms with Gasteiger partial charge in [0.1, 0.15) is 0 Å². The molecule has 0 aliphatic heterocycles. The number of thioether (sulfide) groups is 1. The van der Waals surface area contributed by atoms with Crippen LogP contribution in [0.3, 0.4) is 0 Å². The summed E-state index contributed by atoms with van der Waals surface area (Å²) in [5.41, 5.74) is 2.71. The predicted molar refractivity (Wildman–Crippen MR) is 96.1 cm³/mol. The number of benzene rings is 1. The van der Waals surface area contributed by atoms with Gasteiger partial charge in [0.05, 0.1) is 0 Å². The van der Waals surface area contributed by atoms with E-state index in [2.05, 4.69) is 50.4 Å². The Balaban J connectivity index is 1.67. The average molecular weight is 320 g/mol. The number of carbonyl (C=O) groups is 1. The third kappa shape index (κ3) is 5.05. The molecule has 1 fully saturated rings. The van der Waals surface area contributed by atoms with Crippen LogP contribution in [0.1, 0.15) is 50.7 Å². The normalized spacial score (nSPS) is 25.0. The second-order valence-electron chi connectivity index (χ2n) is 6.67. The van der Waals surface area contributed by atoms with Crippen molar-refractivity contribution in [3.8, 4) is 0 Å². The Morgan fingerprint density at radius 2 is 2.05 bits per heavy atom. The number of aryl methyl sites for hydroxylation is 1. The molecule has 3 heteroatoms. The lowest BCUT2D eigenvalue weighted by Crippen LogP contribution is -2.43. The molecule has 0 saturated heterocycles. The summed E-state index contributed by atoms with van der Waals surface area (Å²) in [5, 5.41) is 3.26. The number of nitrogens with one attached hydrogen (secondary N) is 1. The van der Waals surface area contributed by atoms with Crippen LogP contribution in [0, 0.1) is 18.8 Å². The van der Waals surface area contributed by atoms with Gasteiger partial charge in [-0.25, -0.2) is 0 Å². The Kier molecular flexibility index (Phi) is 6.81. The highest BCUT2D eigenvalue weighted by Gasteiger charge is 2.27. The molecule has 1 saturated carbocycles. The zero-order valence-corrected chi connectivity index (χ0v) is 14.9. The van der Waals surface area contributed by atoms with Gasteiger partial charge in [-0.05, 0) is 36.3 Å². The van der Waals surface area contributed by atoms with Crippen LogP contribution in [-0.2, 0) is 10.5 Å². The standard InChI is InChI=1S/C19H29NOS/c1-14-8-6-10-18(16(14)3)20-19(21)11-12-22-13-17-9-5-4-7-15(17)2/h4-5,7,9,14,16,18H,6,8,10-13H2,1-3H3,(H,20,21)/t14-,16-,18-/m1/s1. The van der Waals surface area contributed by atoms with E-state index in [4.69, 9.17) is 0 Å². The average Bonchev–Trinajstić information content (AvgIpc) is 2.50. The SMILES string of the molecule is Cc1ccccc1CSCCC(=O)N[C@@H]1CCC[C@@H](C)[C@H]1C. The first-order valence-electron chi connectivity index (χ1n) is 8.49. The van der Waals surface area contributed by atoms with E-state index in [1.165, 1.54) is 24.0 Å². The molecule has 3 atom stereocenters. The summed E-state index contributed by atoms with van der Waals surface area (Å²) in [6.45, 7) is 6.73. The van der Waals surface area contributed by atoms with Crippen molar-refractivity contribution in [1.29, 1.82) is 0 Å². The molecular formula is C19H29NOS. The van der Waals surface area contributed by atoms with Crippen molar-refractivity contribution < 1.29 is 4.79 Å². The third-order valence-corrected chi connectivity index (χ3v) is 6.05. The van der Waals surface area contributed by atoms with Crippen molar-refractivity contribution in [1.82, 2.24) is 5.32 Å². The van der Waals surface area contributed by atoms with Crippen molar-refractivity contribution in [2.75, 3.05) is 5.75 Å². The van der Waals surface area contributed by atoms with Gasteiger partial charge in [0.2, 0.25) is 5.91 Å². The number of hydrogen-bond donors (Lipinski definition) is 1. The Morgan fingerprint density at radius 3 is 2.82 bits per heavy atom. The van der Waals surface area contributed by atoms with Gasteiger partial charge < -0.3 is 5.32 Å². The first-order chi connectivity index (χ1) is 10.6. The molecule has 0 spiro atoms. The Labute approximate surface area is 139 Å². The maximum Gasteiger partial charge on any atom is 0.221 e. The van der Waals surface area contributed by atoms with Crippen LogP contribution in [0.5, 0.6) is 0 Å². The molecule has 1 N–H and O–H groups in total. The largest absolute Gasteiger partial charge is 0.353 e. The van der Waals surface area contributed by atoms with E-state index in [0.29, 0.717) is 18.4 Å². The molecule has 0 unspecified atom stereocenters. The fourth-order valence-electron chi connectivity index (χ4n) is 3.18. The van der Waals surface area contributed by atoms with Crippen LogP contribution in [0.4, 0.5) is 0 Å². The first kappa shape index (κ1) is 17.4. The van der Waals surface area contributed by atoms with Crippen molar-refractivity contribution in [3.63, 3.8) is 0 Å². The zero-order chi connectivity index (χ0) is 15.9. The molecule has 2 rings (SSSR count). The lowest BCUT2D eigenvalue weighted by Gasteiger charge is -2.34. The highest BCUT2D eigenvalue weighted by molar-refractivity contribution is 7.98. The van der Waals surface area contributed by atoms with Crippen molar-refractivity contribution >= 4 is 17.7 Å². The summed E-state index contributed by atoms with van der Waals surface area (Å²) >= 11 is 1.85. The van der Waals surface area contributed by atoms with E-state index in [0.717, 1.165) is 23.8 Å². The molecular weight excluding hydrogens is 290 g/mol. The fourth-order valence-corrected chi connectivity index (χ4v) is 4.20. The molecule has 22 heavy (non-hydrogen) atoms. The van der Waals surface area contributed by atoms with Gasteiger partial charge in [-0.3, -0.25) is 4.79 Å². The second kappa shape index (κ2) is 8.61. The molecule has 1 aliphatic carbocycles. The van der Waals surface area contributed by atoms with E-state index in [-0.39, 0.29) is 5.91 Å². The van der Waals surface area contributed by atoms with E-state index in [1.54, 1.807) is 0 Å². The lowest BCUT2D eigenvalue weighted by molar-refractivity contribution is -0.122. The van der Waals surface area contributed by atoms with Crippen LogP contribution < -0.4 is 5.32 Å². The molecule has 1 aromatic rings.